The van der Waals surface area contributed by atoms with Crippen molar-refractivity contribution in [2.24, 2.45) is 34.5 Å². The molecule has 4 rings (SSSR count). The zero-order valence-corrected chi connectivity index (χ0v) is 22.2. The van der Waals surface area contributed by atoms with Crippen LogP contribution < -0.4 is 0 Å². The molecule has 0 aromatic heterocycles. The smallest absolute Gasteiger partial charge is 0.331 e. The predicted molar refractivity (Wildman–Crippen MR) is 138 cm³/mol. The fraction of sp³-hybridized carbons (Fsp3) is 0.667. The van der Waals surface area contributed by atoms with Gasteiger partial charge in [-0.05, 0) is 60.5 Å². The minimum atomic E-state index is -2.10. The van der Waals surface area contributed by atoms with Crippen molar-refractivity contribution in [3.8, 4) is 0 Å². The molecule has 0 amide bonds. The van der Waals surface area contributed by atoms with Crippen LogP contribution >= 0.6 is 0 Å². The number of aliphatic hydroxyl groups excluding tert-OH is 2. The van der Waals surface area contributed by atoms with Crippen molar-refractivity contribution in [1.29, 1.82) is 0 Å². The zero-order valence-electron chi connectivity index (χ0n) is 22.2. The number of aliphatic hydroxyl groups is 3. The molecule has 0 aromatic rings. The molecule has 0 aliphatic heterocycles. The van der Waals surface area contributed by atoms with Crippen LogP contribution in [0.3, 0.4) is 0 Å². The molecule has 0 saturated heterocycles. The van der Waals surface area contributed by atoms with Gasteiger partial charge >= 0.3 is 5.97 Å². The Morgan fingerprint density at radius 3 is 2.64 bits per heavy atom. The minimum Gasteiger partial charge on any atom is -0.451 e. The van der Waals surface area contributed by atoms with Gasteiger partial charge in [-0.1, -0.05) is 70.9 Å². The summed E-state index contributed by atoms with van der Waals surface area (Å²) in [5.41, 5.74) is -2.79. The fourth-order valence-corrected chi connectivity index (χ4v) is 7.57. The van der Waals surface area contributed by atoms with Crippen molar-refractivity contribution < 1.29 is 29.6 Å². The summed E-state index contributed by atoms with van der Waals surface area (Å²) in [6, 6.07) is 0. The summed E-state index contributed by atoms with van der Waals surface area (Å²) in [6.45, 7) is 9.66. The number of hydrogen-bond donors (Lipinski definition) is 3. The van der Waals surface area contributed by atoms with Crippen molar-refractivity contribution in [3.63, 3.8) is 0 Å². The van der Waals surface area contributed by atoms with Crippen molar-refractivity contribution in [3.05, 3.63) is 47.6 Å². The molecule has 198 valence electrons. The van der Waals surface area contributed by atoms with Crippen molar-refractivity contribution >= 4 is 11.8 Å². The number of Topliss-reactive ketones (excluding diaryl/α,β-unsaturated/α-hetero) is 1. The Hall–Kier alpha value is -2.02. The van der Waals surface area contributed by atoms with Crippen molar-refractivity contribution in [1.82, 2.24) is 0 Å². The number of ether oxygens (including phenoxy) is 1. The molecule has 2 bridgehead atoms. The zero-order chi connectivity index (χ0) is 26.5. The topological polar surface area (TPSA) is 104 Å². The second-order valence-electron chi connectivity index (χ2n) is 12.0. The summed E-state index contributed by atoms with van der Waals surface area (Å²) in [6.07, 6.45) is 12.4. The van der Waals surface area contributed by atoms with Crippen LogP contribution in [0.2, 0.25) is 0 Å². The molecule has 4 aliphatic carbocycles. The van der Waals surface area contributed by atoms with E-state index in [9.17, 15) is 24.9 Å². The minimum absolute atomic E-state index is 0.0290. The molecular weight excluding hydrogens is 456 g/mol. The molecule has 4 aliphatic rings. The van der Waals surface area contributed by atoms with Crippen LogP contribution in [-0.2, 0) is 14.3 Å². The van der Waals surface area contributed by atoms with Gasteiger partial charge in [-0.25, -0.2) is 4.79 Å². The first kappa shape index (κ1) is 27.0. The summed E-state index contributed by atoms with van der Waals surface area (Å²) in [5, 5.41) is 34.0. The second kappa shape index (κ2) is 9.70. The van der Waals surface area contributed by atoms with E-state index < -0.39 is 41.7 Å². The van der Waals surface area contributed by atoms with Crippen LogP contribution in [0.25, 0.3) is 0 Å². The molecule has 6 heteroatoms. The summed E-state index contributed by atoms with van der Waals surface area (Å²) < 4.78 is 5.76. The summed E-state index contributed by atoms with van der Waals surface area (Å²) in [4.78, 5) is 27.1. The third-order valence-electron chi connectivity index (χ3n) is 9.58. The van der Waals surface area contributed by atoms with E-state index in [2.05, 4.69) is 20.8 Å². The summed E-state index contributed by atoms with van der Waals surface area (Å²) >= 11 is 0. The lowest BCUT2D eigenvalue weighted by atomic mass is 9.59. The molecule has 8 atom stereocenters. The molecule has 0 aromatic carbocycles. The maximum absolute atomic E-state index is 14.3. The number of esters is 1. The highest BCUT2D eigenvalue weighted by Gasteiger charge is 2.76. The normalized spacial score (nSPS) is 40.8. The van der Waals surface area contributed by atoms with Gasteiger partial charge in [-0.2, -0.15) is 0 Å². The molecule has 2 fully saturated rings. The van der Waals surface area contributed by atoms with E-state index >= 15 is 0 Å². The monoisotopic (exact) mass is 498 g/mol. The van der Waals surface area contributed by atoms with E-state index in [1.807, 2.05) is 13.0 Å². The van der Waals surface area contributed by atoms with E-state index in [0.717, 1.165) is 32.1 Å². The maximum atomic E-state index is 14.3. The average Bonchev–Trinajstić information content (AvgIpc) is 3.32. The quantitative estimate of drug-likeness (QED) is 0.153. The van der Waals surface area contributed by atoms with Crippen LogP contribution in [0.1, 0.15) is 66.7 Å². The average molecular weight is 499 g/mol. The first-order valence-corrected chi connectivity index (χ1v) is 13.5. The van der Waals surface area contributed by atoms with Crippen molar-refractivity contribution in [2.75, 3.05) is 6.61 Å². The van der Waals surface area contributed by atoms with Gasteiger partial charge in [-0.15, -0.1) is 0 Å². The van der Waals surface area contributed by atoms with Gasteiger partial charge in [0.05, 0.1) is 12.0 Å². The molecule has 0 unspecified atom stereocenters. The summed E-state index contributed by atoms with van der Waals surface area (Å²) in [5.74, 6) is -1.21. The predicted octanol–water partition coefficient (Wildman–Crippen LogP) is 4.06. The lowest BCUT2D eigenvalue weighted by Crippen LogP contribution is -2.65. The van der Waals surface area contributed by atoms with Crippen LogP contribution in [-0.4, -0.2) is 51.5 Å². The summed E-state index contributed by atoms with van der Waals surface area (Å²) in [7, 11) is 0. The lowest BCUT2D eigenvalue weighted by molar-refractivity contribution is -0.201. The third-order valence-corrected chi connectivity index (χ3v) is 9.58. The maximum Gasteiger partial charge on any atom is 0.331 e. The standard InChI is InChI=1S/C30H42O6/c1-6-7-8-9-10-11-12-13-23(32)36-27-18(2)16-29-19(3)14-22-24(28(22,4)5)21(26(29)34)15-20(17-31)25(33)30(27,29)35/h10-13,15-16,19,21-22,24-25,27,31,33,35H,6-9,14,17H2,1-5H3/b11-10-,13-12+/t19-,21+,22-,24+,25-,27+,29+,30+/m1/s1. The molecule has 1 spiro atoms. The van der Waals surface area contributed by atoms with Crippen molar-refractivity contribution in [2.45, 2.75) is 84.5 Å². The number of fused-ring (bicyclic) bond motifs is 3. The number of carbonyl (C=O) groups is 2. The van der Waals surface area contributed by atoms with E-state index in [-0.39, 0.29) is 28.6 Å². The second-order valence-corrected chi connectivity index (χ2v) is 12.0. The molecule has 0 heterocycles. The Bertz CT molecular complexity index is 1020. The number of allylic oxidation sites excluding steroid dienone is 4. The third kappa shape index (κ3) is 3.88. The number of unbranched alkanes of at least 4 members (excludes halogenated alkanes) is 3. The highest BCUT2D eigenvalue weighted by Crippen LogP contribution is 2.71. The highest BCUT2D eigenvalue weighted by molar-refractivity contribution is 5.95. The largest absolute Gasteiger partial charge is 0.451 e. The van der Waals surface area contributed by atoms with E-state index in [4.69, 9.17) is 4.74 Å². The first-order valence-electron chi connectivity index (χ1n) is 13.5. The lowest BCUT2D eigenvalue weighted by Gasteiger charge is -2.48. The van der Waals surface area contributed by atoms with Crippen LogP contribution in [0.15, 0.2) is 47.6 Å². The van der Waals surface area contributed by atoms with E-state index in [0.29, 0.717) is 11.5 Å². The molecule has 36 heavy (non-hydrogen) atoms. The van der Waals surface area contributed by atoms with Crippen LogP contribution in [0.5, 0.6) is 0 Å². The number of carbonyl (C=O) groups excluding carboxylic acids is 2. The first-order chi connectivity index (χ1) is 17.0. The SMILES string of the molecule is CCCCC/C=C\C=C\C(=O)O[C@H]1C(C)=C[C@]23C(=O)[C@@H](C=C(CO)[C@@H](O)[C@]12O)[C@H]1[C@@H](C[C@H]3C)C1(C)C. The Morgan fingerprint density at radius 1 is 1.25 bits per heavy atom. The number of rotatable bonds is 8. The molecule has 0 radical (unpaired) electrons. The van der Waals surface area contributed by atoms with Gasteiger partial charge in [0.25, 0.3) is 0 Å². The Morgan fingerprint density at radius 2 is 1.97 bits per heavy atom. The van der Waals surface area contributed by atoms with Crippen LogP contribution in [0.4, 0.5) is 0 Å². The van der Waals surface area contributed by atoms with Gasteiger partial charge in [0.1, 0.15) is 6.10 Å². The van der Waals surface area contributed by atoms with Crippen LogP contribution in [0, 0.1) is 34.5 Å². The van der Waals surface area contributed by atoms with Gasteiger partial charge in [0, 0.05) is 12.0 Å². The van der Waals surface area contributed by atoms with Gasteiger partial charge in [-0.3, -0.25) is 4.79 Å². The number of hydrogen-bond acceptors (Lipinski definition) is 6. The highest BCUT2D eigenvalue weighted by atomic mass is 16.6. The number of ketones is 1. The molecule has 2 saturated carbocycles. The fourth-order valence-electron chi connectivity index (χ4n) is 7.57. The Kier molecular flexibility index (Phi) is 7.28. The Labute approximate surface area is 214 Å². The Balaban J connectivity index is 1.66. The van der Waals surface area contributed by atoms with E-state index in [1.165, 1.54) is 6.08 Å². The van der Waals surface area contributed by atoms with Gasteiger partial charge in [0.2, 0.25) is 0 Å². The molecule has 3 N–H and O–H groups in total. The molecular formula is C30H42O6. The van der Waals surface area contributed by atoms with E-state index in [1.54, 1.807) is 31.2 Å². The molecule has 6 nitrogen and oxygen atoms in total. The van der Waals surface area contributed by atoms with Gasteiger partial charge < -0.3 is 20.1 Å². The van der Waals surface area contributed by atoms with Gasteiger partial charge in [0.15, 0.2) is 17.5 Å².